The molecule has 0 aromatic carbocycles. The van der Waals surface area contributed by atoms with Crippen LogP contribution in [0, 0.1) is 22.0 Å². The Morgan fingerprint density at radius 1 is 1.55 bits per heavy atom. The molecule has 1 aliphatic rings. The van der Waals surface area contributed by atoms with Gasteiger partial charge >= 0.3 is 6.18 Å². The first-order chi connectivity index (χ1) is 10.2. The lowest BCUT2D eigenvalue weighted by atomic mass is 9.83. The van der Waals surface area contributed by atoms with Gasteiger partial charge in [0.25, 0.3) is 5.70 Å². The summed E-state index contributed by atoms with van der Waals surface area (Å²) in [6.45, 7) is 0.737. The fourth-order valence-electron chi connectivity index (χ4n) is 2.41. The molecule has 0 saturated carbocycles. The van der Waals surface area contributed by atoms with Gasteiger partial charge in [-0.1, -0.05) is 6.92 Å². The Kier molecular flexibility index (Phi) is 3.96. The average molecular weight is 318 g/mol. The van der Waals surface area contributed by atoms with Crippen molar-refractivity contribution in [1.29, 1.82) is 0 Å². The van der Waals surface area contributed by atoms with E-state index in [1.165, 1.54) is 13.1 Å². The van der Waals surface area contributed by atoms with Gasteiger partial charge in [-0.25, -0.2) is 4.98 Å². The molecule has 0 radical (unpaired) electrons. The quantitative estimate of drug-likeness (QED) is 0.648. The van der Waals surface area contributed by atoms with E-state index in [1.807, 2.05) is 0 Å². The second-order valence-corrected chi connectivity index (χ2v) is 4.91. The van der Waals surface area contributed by atoms with Crippen molar-refractivity contribution in [2.24, 2.45) is 17.6 Å². The zero-order valence-corrected chi connectivity index (χ0v) is 11.4. The van der Waals surface area contributed by atoms with Crippen LogP contribution in [0.3, 0.4) is 0 Å². The maximum atomic E-state index is 13.3. The van der Waals surface area contributed by atoms with Crippen LogP contribution in [-0.2, 0) is 6.61 Å². The SMILES string of the molecule is CC1C(N)=C([N+](=O)[O-])C=C(n2cnc(CO)c2)C1C(F)(F)F. The first-order valence-electron chi connectivity index (χ1n) is 6.23. The minimum Gasteiger partial charge on any atom is -0.396 e. The lowest BCUT2D eigenvalue weighted by Gasteiger charge is -2.31. The largest absolute Gasteiger partial charge is 0.397 e. The van der Waals surface area contributed by atoms with Gasteiger partial charge < -0.3 is 15.4 Å². The van der Waals surface area contributed by atoms with E-state index in [-0.39, 0.29) is 11.4 Å². The summed E-state index contributed by atoms with van der Waals surface area (Å²) in [5, 5.41) is 19.9. The van der Waals surface area contributed by atoms with Crippen molar-refractivity contribution in [2.75, 3.05) is 0 Å². The molecule has 1 aromatic heterocycles. The van der Waals surface area contributed by atoms with E-state index >= 15 is 0 Å². The molecular formula is C12H13F3N4O3. The standard InChI is InChI=1S/C12H13F3N4O3/c1-6-10(12(13,14)15)8(2-9(11(6)16)19(21)22)18-3-7(4-20)17-5-18/h2-3,5-6,10,20H,4,16H2,1H3. The Morgan fingerprint density at radius 3 is 2.64 bits per heavy atom. The molecule has 0 spiro atoms. The van der Waals surface area contributed by atoms with E-state index in [2.05, 4.69) is 4.98 Å². The molecule has 7 nitrogen and oxygen atoms in total. The predicted molar refractivity (Wildman–Crippen MR) is 69.3 cm³/mol. The summed E-state index contributed by atoms with van der Waals surface area (Å²) in [6, 6.07) is 0. The van der Waals surface area contributed by atoms with Crippen molar-refractivity contribution >= 4 is 5.70 Å². The second-order valence-electron chi connectivity index (χ2n) is 4.91. The highest BCUT2D eigenvalue weighted by atomic mass is 19.4. The van der Waals surface area contributed by atoms with Crippen LogP contribution in [0.15, 0.2) is 30.0 Å². The number of allylic oxidation sites excluding steroid dienone is 3. The number of alkyl halides is 3. The van der Waals surface area contributed by atoms with Gasteiger partial charge in [-0.3, -0.25) is 10.1 Å². The molecule has 2 unspecified atom stereocenters. The smallest absolute Gasteiger partial charge is 0.396 e. The highest BCUT2D eigenvalue weighted by molar-refractivity contribution is 5.57. The van der Waals surface area contributed by atoms with Crippen LogP contribution in [0.1, 0.15) is 12.6 Å². The fourth-order valence-corrected chi connectivity index (χ4v) is 2.41. The third-order valence-electron chi connectivity index (χ3n) is 3.54. The van der Waals surface area contributed by atoms with Crippen molar-refractivity contribution in [3.8, 4) is 0 Å². The van der Waals surface area contributed by atoms with Crippen molar-refractivity contribution in [3.05, 3.63) is 45.8 Å². The second kappa shape index (κ2) is 5.44. The van der Waals surface area contributed by atoms with E-state index in [4.69, 9.17) is 10.8 Å². The van der Waals surface area contributed by atoms with Gasteiger partial charge in [-0.05, 0) is 0 Å². The molecule has 0 bridgehead atoms. The number of nitrogens with zero attached hydrogens (tertiary/aromatic N) is 3. The molecular weight excluding hydrogens is 305 g/mol. The van der Waals surface area contributed by atoms with Gasteiger partial charge in [0.1, 0.15) is 5.92 Å². The van der Waals surface area contributed by atoms with Crippen molar-refractivity contribution in [1.82, 2.24) is 9.55 Å². The normalized spacial score (nSPS) is 22.7. The Hall–Kier alpha value is -2.36. The van der Waals surface area contributed by atoms with Gasteiger partial charge in [0.05, 0.1) is 29.2 Å². The van der Waals surface area contributed by atoms with Crippen LogP contribution in [0.5, 0.6) is 0 Å². The molecule has 0 amide bonds. The fraction of sp³-hybridized carbons (Fsp3) is 0.417. The van der Waals surface area contributed by atoms with Crippen LogP contribution < -0.4 is 5.73 Å². The topological polar surface area (TPSA) is 107 Å². The molecule has 0 fully saturated rings. The van der Waals surface area contributed by atoms with E-state index in [9.17, 15) is 23.3 Å². The zero-order valence-electron chi connectivity index (χ0n) is 11.4. The van der Waals surface area contributed by atoms with E-state index < -0.39 is 40.9 Å². The van der Waals surface area contributed by atoms with E-state index in [0.717, 1.165) is 17.0 Å². The zero-order chi connectivity index (χ0) is 16.7. The van der Waals surface area contributed by atoms with Gasteiger partial charge in [0.2, 0.25) is 0 Å². The number of nitrogens with two attached hydrogens (primary N) is 1. The summed E-state index contributed by atoms with van der Waals surface area (Å²) in [6.07, 6.45) is -1.57. The minimum atomic E-state index is -4.64. The number of aromatic nitrogens is 2. The lowest BCUT2D eigenvalue weighted by Crippen LogP contribution is -2.37. The Balaban J connectivity index is 2.61. The summed E-state index contributed by atoms with van der Waals surface area (Å²) in [5.74, 6) is -3.29. The number of halogens is 3. The molecule has 22 heavy (non-hydrogen) atoms. The summed E-state index contributed by atoms with van der Waals surface area (Å²) in [4.78, 5) is 13.9. The molecule has 1 aliphatic carbocycles. The number of imidazole rings is 1. The molecule has 0 aliphatic heterocycles. The number of hydrogen-bond donors (Lipinski definition) is 2. The predicted octanol–water partition coefficient (Wildman–Crippen LogP) is 1.49. The summed E-state index contributed by atoms with van der Waals surface area (Å²) in [7, 11) is 0. The van der Waals surface area contributed by atoms with Crippen LogP contribution in [0.25, 0.3) is 5.70 Å². The maximum absolute atomic E-state index is 13.3. The van der Waals surface area contributed by atoms with E-state index in [1.54, 1.807) is 0 Å². The summed E-state index contributed by atoms with van der Waals surface area (Å²) >= 11 is 0. The van der Waals surface area contributed by atoms with Gasteiger partial charge in [-0.2, -0.15) is 13.2 Å². The monoisotopic (exact) mass is 318 g/mol. The third kappa shape index (κ3) is 2.69. The number of rotatable bonds is 3. The molecule has 2 rings (SSSR count). The highest BCUT2D eigenvalue weighted by Gasteiger charge is 2.50. The number of aliphatic hydroxyl groups is 1. The van der Waals surface area contributed by atoms with Gasteiger partial charge in [0, 0.05) is 23.9 Å². The van der Waals surface area contributed by atoms with Crippen LogP contribution >= 0.6 is 0 Å². The molecule has 1 aromatic rings. The molecule has 3 N–H and O–H groups in total. The van der Waals surface area contributed by atoms with Crippen molar-refractivity contribution in [3.63, 3.8) is 0 Å². The first kappa shape index (κ1) is 16.0. The summed E-state index contributed by atoms with van der Waals surface area (Å²) < 4.78 is 41.1. The third-order valence-corrected chi connectivity index (χ3v) is 3.54. The van der Waals surface area contributed by atoms with Crippen LogP contribution in [0.2, 0.25) is 0 Å². The molecule has 120 valence electrons. The van der Waals surface area contributed by atoms with Gasteiger partial charge in [0.15, 0.2) is 0 Å². The number of nitro groups is 1. The highest BCUT2D eigenvalue weighted by Crippen LogP contribution is 2.44. The lowest BCUT2D eigenvalue weighted by molar-refractivity contribution is -0.421. The molecule has 2 atom stereocenters. The molecule has 10 heteroatoms. The van der Waals surface area contributed by atoms with E-state index in [0.29, 0.717) is 0 Å². The number of hydrogen-bond acceptors (Lipinski definition) is 5. The first-order valence-corrected chi connectivity index (χ1v) is 6.23. The van der Waals surface area contributed by atoms with Crippen molar-refractivity contribution in [2.45, 2.75) is 19.7 Å². The number of aliphatic hydroxyl groups excluding tert-OH is 1. The Morgan fingerprint density at radius 2 is 2.18 bits per heavy atom. The van der Waals surface area contributed by atoms with Crippen molar-refractivity contribution < 1.29 is 23.2 Å². The van der Waals surface area contributed by atoms with Crippen LogP contribution in [-0.4, -0.2) is 25.8 Å². The summed E-state index contributed by atoms with van der Waals surface area (Å²) in [5.41, 5.74) is 4.32. The Labute approximate surface area is 122 Å². The minimum absolute atomic E-state index is 0.152. The van der Waals surface area contributed by atoms with Gasteiger partial charge in [-0.15, -0.1) is 0 Å². The average Bonchev–Trinajstić information content (AvgIpc) is 2.88. The van der Waals surface area contributed by atoms with Crippen LogP contribution in [0.4, 0.5) is 13.2 Å². The molecule has 0 saturated heterocycles. The molecule has 1 heterocycles. The maximum Gasteiger partial charge on any atom is 0.397 e. The Bertz CT molecular complexity index is 663.